The maximum atomic E-state index is 12.5. The van der Waals surface area contributed by atoms with Crippen molar-refractivity contribution in [1.29, 1.82) is 0 Å². The van der Waals surface area contributed by atoms with Gasteiger partial charge in [0.05, 0.1) is 11.1 Å². The van der Waals surface area contributed by atoms with Crippen molar-refractivity contribution in [3.05, 3.63) is 50.5 Å². The first-order valence-electron chi connectivity index (χ1n) is 11.7. The van der Waals surface area contributed by atoms with Gasteiger partial charge in [0.1, 0.15) is 16.8 Å². The predicted octanol–water partition coefficient (Wildman–Crippen LogP) is 4.13. The van der Waals surface area contributed by atoms with Crippen molar-refractivity contribution in [2.45, 2.75) is 69.8 Å². The molecule has 0 unspecified atom stereocenters. The molecule has 0 spiro atoms. The molecule has 9 heteroatoms. The smallest absolute Gasteiger partial charge is 0.259 e. The molecule has 2 N–H and O–H groups in total. The van der Waals surface area contributed by atoms with Gasteiger partial charge in [-0.3, -0.25) is 9.59 Å². The van der Waals surface area contributed by atoms with Gasteiger partial charge in [-0.15, -0.1) is 11.3 Å². The SMILES string of the molecule is O=C(CCSCc1nc2sc3c(c2c(=O)[nH]1)CCC3)NCc1cccnc1OC1CCCC1. The lowest BCUT2D eigenvalue weighted by molar-refractivity contribution is -0.120. The van der Waals surface area contributed by atoms with Crippen LogP contribution in [0.15, 0.2) is 23.1 Å². The van der Waals surface area contributed by atoms with Crippen LogP contribution in [0.4, 0.5) is 0 Å². The fourth-order valence-electron chi connectivity index (χ4n) is 4.56. The van der Waals surface area contributed by atoms with Crippen LogP contribution in [-0.2, 0) is 29.9 Å². The molecule has 33 heavy (non-hydrogen) atoms. The van der Waals surface area contributed by atoms with E-state index in [0.29, 0.717) is 36.2 Å². The van der Waals surface area contributed by atoms with Gasteiger partial charge in [0, 0.05) is 35.4 Å². The van der Waals surface area contributed by atoms with Crippen LogP contribution in [0.1, 0.15) is 60.4 Å². The van der Waals surface area contributed by atoms with Gasteiger partial charge in [0.15, 0.2) is 0 Å². The quantitative estimate of drug-likeness (QED) is 0.443. The van der Waals surface area contributed by atoms with Crippen LogP contribution >= 0.6 is 23.1 Å². The van der Waals surface area contributed by atoms with E-state index in [1.54, 1.807) is 29.3 Å². The number of thiophene rings is 1. The summed E-state index contributed by atoms with van der Waals surface area (Å²) in [6, 6.07) is 3.82. The molecule has 0 aliphatic heterocycles. The molecule has 7 nitrogen and oxygen atoms in total. The van der Waals surface area contributed by atoms with Crippen LogP contribution in [0, 0.1) is 0 Å². The number of rotatable bonds is 9. The fourth-order valence-corrected chi connectivity index (χ4v) is 6.65. The molecule has 2 aliphatic carbocycles. The predicted molar refractivity (Wildman–Crippen MR) is 132 cm³/mol. The number of nitrogens with zero attached hydrogens (tertiary/aromatic N) is 2. The Morgan fingerprint density at radius 1 is 1.27 bits per heavy atom. The third kappa shape index (κ3) is 5.24. The molecule has 3 aromatic heterocycles. The monoisotopic (exact) mass is 484 g/mol. The van der Waals surface area contributed by atoms with Gasteiger partial charge >= 0.3 is 0 Å². The number of hydrogen-bond acceptors (Lipinski definition) is 7. The van der Waals surface area contributed by atoms with Crippen LogP contribution < -0.4 is 15.6 Å². The lowest BCUT2D eigenvalue weighted by Crippen LogP contribution is -2.24. The Bertz CT molecular complexity index is 1200. The second-order valence-corrected chi connectivity index (χ2v) is 10.8. The minimum Gasteiger partial charge on any atom is -0.474 e. The number of nitrogens with one attached hydrogen (secondary N) is 2. The lowest BCUT2D eigenvalue weighted by Gasteiger charge is -2.15. The number of pyridine rings is 1. The van der Waals surface area contributed by atoms with Crippen molar-refractivity contribution in [1.82, 2.24) is 20.3 Å². The van der Waals surface area contributed by atoms with Crippen LogP contribution in [0.5, 0.6) is 5.88 Å². The van der Waals surface area contributed by atoms with Gasteiger partial charge in [-0.1, -0.05) is 6.07 Å². The van der Waals surface area contributed by atoms with Gasteiger partial charge in [-0.05, 0) is 56.6 Å². The van der Waals surface area contributed by atoms with Crippen molar-refractivity contribution in [3.63, 3.8) is 0 Å². The number of aryl methyl sites for hydroxylation is 2. The largest absolute Gasteiger partial charge is 0.474 e. The second-order valence-electron chi connectivity index (χ2n) is 8.62. The van der Waals surface area contributed by atoms with E-state index in [1.165, 1.54) is 23.3 Å². The molecule has 1 amide bonds. The summed E-state index contributed by atoms with van der Waals surface area (Å²) in [7, 11) is 0. The van der Waals surface area contributed by atoms with Gasteiger partial charge in [0.25, 0.3) is 5.56 Å². The molecule has 0 aromatic carbocycles. The number of hydrogen-bond donors (Lipinski definition) is 2. The average molecular weight is 485 g/mol. The maximum Gasteiger partial charge on any atom is 0.259 e. The van der Waals surface area contributed by atoms with Crippen molar-refractivity contribution in [3.8, 4) is 5.88 Å². The summed E-state index contributed by atoms with van der Waals surface area (Å²) < 4.78 is 6.04. The molecule has 3 heterocycles. The Morgan fingerprint density at radius 2 is 2.15 bits per heavy atom. The van der Waals surface area contributed by atoms with Crippen LogP contribution in [0.25, 0.3) is 10.2 Å². The summed E-state index contributed by atoms with van der Waals surface area (Å²) in [5.74, 6) is 2.55. The van der Waals surface area contributed by atoms with Crippen molar-refractivity contribution < 1.29 is 9.53 Å². The number of carbonyl (C=O) groups is 1. The second kappa shape index (κ2) is 10.3. The van der Waals surface area contributed by atoms with Crippen molar-refractivity contribution in [2.24, 2.45) is 0 Å². The number of amides is 1. The van der Waals surface area contributed by atoms with Gasteiger partial charge < -0.3 is 15.0 Å². The molecule has 174 valence electrons. The zero-order chi connectivity index (χ0) is 22.6. The highest BCUT2D eigenvalue weighted by molar-refractivity contribution is 7.98. The molecule has 3 aromatic rings. The Kier molecular flexibility index (Phi) is 6.96. The first kappa shape index (κ1) is 22.4. The zero-order valence-corrected chi connectivity index (χ0v) is 20.2. The van der Waals surface area contributed by atoms with Crippen LogP contribution in [0.2, 0.25) is 0 Å². The zero-order valence-electron chi connectivity index (χ0n) is 18.5. The van der Waals surface area contributed by atoms with E-state index < -0.39 is 0 Å². The van der Waals surface area contributed by atoms with Crippen molar-refractivity contribution >= 4 is 39.2 Å². The third-order valence-electron chi connectivity index (χ3n) is 6.24. The van der Waals surface area contributed by atoms with E-state index in [9.17, 15) is 9.59 Å². The van der Waals surface area contributed by atoms with Crippen LogP contribution in [0.3, 0.4) is 0 Å². The van der Waals surface area contributed by atoms with E-state index in [4.69, 9.17) is 4.74 Å². The first-order chi connectivity index (χ1) is 16.2. The Balaban J connectivity index is 1.08. The Labute approximate surface area is 200 Å². The summed E-state index contributed by atoms with van der Waals surface area (Å²) in [6.07, 6.45) is 10.1. The molecule has 2 aliphatic rings. The van der Waals surface area contributed by atoms with E-state index in [2.05, 4.69) is 20.3 Å². The summed E-state index contributed by atoms with van der Waals surface area (Å²) in [5.41, 5.74) is 2.08. The van der Waals surface area contributed by atoms with E-state index in [1.807, 2.05) is 12.1 Å². The number of carbonyl (C=O) groups excluding carboxylic acids is 1. The number of fused-ring (bicyclic) bond motifs is 3. The van der Waals surface area contributed by atoms with Gasteiger partial charge in [0.2, 0.25) is 11.8 Å². The minimum absolute atomic E-state index is 0.00948. The summed E-state index contributed by atoms with van der Waals surface area (Å²) in [4.78, 5) is 39.0. The molecule has 0 atom stereocenters. The van der Waals surface area contributed by atoms with Gasteiger partial charge in [-0.2, -0.15) is 11.8 Å². The summed E-state index contributed by atoms with van der Waals surface area (Å²) in [5, 5.41) is 3.76. The van der Waals surface area contributed by atoms with Crippen molar-refractivity contribution in [2.75, 3.05) is 5.75 Å². The highest BCUT2D eigenvalue weighted by atomic mass is 32.2. The van der Waals surface area contributed by atoms with Gasteiger partial charge in [-0.25, -0.2) is 9.97 Å². The number of H-pyrrole nitrogens is 1. The Morgan fingerprint density at radius 3 is 3.03 bits per heavy atom. The standard InChI is InChI=1S/C24H28N4O3S2/c29-20(26-13-15-5-4-11-25-23(15)31-16-6-1-2-7-16)10-12-32-14-19-27-22(30)21-17-8-3-9-18(17)33-24(21)28-19/h4-5,11,16H,1-3,6-10,12-14H2,(H,26,29)(H,27,28,30). The first-order valence-corrected chi connectivity index (χ1v) is 13.6. The molecule has 1 fully saturated rings. The third-order valence-corrected chi connectivity index (χ3v) is 8.40. The lowest BCUT2D eigenvalue weighted by atomic mass is 10.2. The number of aromatic amines is 1. The topological polar surface area (TPSA) is 97.0 Å². The number of ether oxygens (including phenoxy) is 1. The molecule has 5 rings (SSSR count). The fraction of sp³-hybridized carbons (Fsp3) is 0.500. The van der Waals surface area contributed by atoms with E-state index >= 15 is 0 Å². The molecule has 0 bridgehead atoms. The summed E-state index contributed by atoms with van der Waals surface area (Å²) in [6.45, 7) is 0.411. The molecular weight excluding hydrogens is 456 g/mol. The van der Waals surface area contributed by atoms with E-state index in [-0.39, 0.29) is 17.6 Å². The highest BCUT2D eigenvalue weighted by Gasteiger charge is 2.21. The molecule has 0 radical (unpaired) electrons. The minimum atomic E-state index is -0.0279. The Hall–Kier alpha value is -2.39. The highest BCUT2D eigenvalue weighted by Crippen LogP contribution is 2.34. The van der Waals surface area contributed by atoms with Crippen LogP contribution in [-0.4, -0.2) is 32.7 Å². The number of aromatic nitrogens is 3. The molecule has 0 saturated heterocycles. The van der Waals surface area contributed by atoms with E-state index in [0.717, 1.165) is 47.9 Å². The average Bonchev–Trinajstić information content (AvgIpc) is 3.54. The molecule has 1 saturated carbocycles. The summed E-state index contributed by atoms with van der Waals surface area (Å²) >= 11 is 3.26. The normalized spacial score (nSPS) is 15.8. The molecular formula is C24H28N4O3S2. The maximum absolute atomic E-state index is 12.5. The number of thioether (sulfide) groups is 1.